The van der Waals surface area contributed by atoms with Gasteiger partial charge in [-0.05, 0) is 56.0 Å². The van der Waals surface area contributed by atoms with Crippen LogP contribution in [0.1, 0.15) is 95.6 Å². The van der Waals surface area contributed by atoms with Gasteiger partial charge in [-0.1, -0.05) is 25.8 Å². The molecule has 1 saturated heterocycles. The van der Waals surface area contributed by atoms with Gasteiger partial charge >= 0.3 is 0 Å². The number of amides is 5. The minimum atomic E-state index is -0.757. The van der Waals surface area contributed by atoms with Gasteiger partial charge in [-0.15, -0.1) is 0 Å². The van der Waals surface area contributed by atoms with Crippen LogP contribution in [0.15, 0.2) is 48.9 Å². The number of rotatable bonds is 16. The third-order valence-electron chi connectivity index (χ3n) is 11.6. The van der Waals surface area contributed by atoms with Crippen molar-refractivity contribution in [1.29, 1.82) is 5.26 Å². The van der Waals surface area contributed by atoms with Crippen LogP contribution < -0.4 is 30.9 Å². The Balaban J connectivity index is 0.790. The standard InChI is InChI=1S/C43H47N11O8/c1-3-32-38-31(20-44)47-24-53(38)34-21-46-43(51-39(34)54(32)26-7-4-5-8-26)49-30-12-11-25(19-35(30)60-2)40(57)45-15-16-61-17-18-62-23-37(56)48-29-10-6-9-27-28(29)22-52(42(27)59)33-13-14-36(55)50-41(33)58/h6,9-12,19,21,24,26,32-33H,3-5,7-8,13-18,22-23H2,1-2H3,(H,45,57)(H,48,56)(H,46,49,51)(H,50,55,58)/t32-,33?/m1/s1. The normalized spacial score (nSPS) is 18.1. The summed E-state index contributed by atoms with van der Waals surface area (Å²) < 4.78 is 18.6. The van der Waals surface area contributed by atoms with Crippen molar-refractivity contribution < 1.29 is 38.2 Å². The molecule has 3 aliphatic heterocycles. The molecule has 0 radical (unpaired) electrons. The van der Waals surface area contributed by atoms with E-state index in [9.17, 15) is 29.2 Å². The van der Waals surface area contributed by atoms with Crippen LogP contribution in [0.4, 0.5) is 23.1 Å². The number of piperidine rings is 1. The first-order valence-corrected chi connectivity index (χ1v) is 20.8. The highest BCUT2D eigenvalue weighted by molar-refractivity contribution is 6.07. The number of ether oxygens (including phenoxy) is 3. The Morgan fingerprint density at radius 1 is 1.02 bits per heavy atom. The van der Waals surface area contributed by atoms with E-state index < -0.39 is 17.9 Å². The van der Waals surface area contributed by atoms with Crippen LogP contribution in [0.5, 0.6) is 5.75 Å². The quantitative estimate of drug-likeness (QED) is 0.0931. The number of anilines is 4. The molecule has 4 aromatic rings. The summed E-state index contributed by atoms with van der Waals surface area (Å²) in [6, 6.07) is 11.7. The number of nitriles is 1. The minimum Gasteiger partial charge on any atom is -0.495 e. The van der Waals surface area contributed by atoms with E-state index in [0.29, 0.717) is 45.5 Å². The first kappa shape index (κ1) is 41.8. The van der Waals surface area contributed by atoms with Gasteiger partial charge in [0.25, 0.3) is 11.8 Å². The molecule has 0 bridgehead atoms. The molecule has 2 atom stereocenters. The highest BCUT2D eigenvalue weighted by Crippen LogP contribution is 2.45. The van der Waals surface area contributed by atoms with Crippen molar-refractivity contribution in [3.05, 3.63) is 77.0 Å². The third-order valence-corrected chi connectivity index (χ3v) is 11.6. The van der Waals surface area contributed by atoms with Crippen molar-refractivity contribution in [1.82, 2.24) is 35.1 Å². The molecule has 1 unspecified atom stereocenters. The molecule has 1 aliphatic carbocycles. The summed E-state index contributed by atoms with van der Waals surface area (Å²) in [7, 11) is 1.52. The highest BCUT2D eigenvalue weighted by Gasteiger charge is 2.41. The average molecular weight is 846 g/mol. The number of imidazole rings is 1. The molecular formula is C43H47N11O8. The zero-order valence-corrected chi connectivity index (χ0v) is 34.4. The molecule has 5 heterocycles. The maximum Gasteiger partial charge on any atom is 0.255 e. The van der Waals surface area contributed by atoms with Crippen molar-refractivity contribution in [2.24, 2.45) is 0 Å². The van der Waals surface area contributed by atoms with Gasteiger partial charge in [0, 0.05) is 47.9 Å². The molecule has 1 saturated carbocycles. The molecule has 2 aromatic heterocycles. The van der Waals surface area contributed by atoms with Gasteiger partial charge < -0.3 is 40.0 Å². The summed E-state index contributed by atoms with van der Waals surface area (Å²) in [4.78, 5) is 80.6. The fourth-order valence-electron chi connectivity index (χ4n) is 8.69. The van der Waals surface area contributed by atoms with Crippen LogP contribution in [0.2, 0.25) is 0 Å². The van der Waals surface area contributed by atoms with Crippen LogP contribution >= 0.6 is 0 Å². The zero-order chi connectivity index (χ0) is 43.3. The summed E-state index contributed by atoms with van der Waals surface area (Å²) in [5, 5.41) is 21.0. The maximum absolute atomic E-state index is 13.1. The van der Waals surface area contributed by atoms with Crippen LogP contribution in [0, 0.1) is 11.3 Å². The number of imide groups is 1. The third kappa shape index (κ3) is 8.38. The summed E-state index contributed by atoms with van der Waals surface area (Å²) in [6.45, 7) is 2.72. The molecule has 5 amide bonds. The largest absolute Gasteiger partial charge is 0.495 e. The number of hydrogen-bond donors (Lipinski definition) is 4. The zero-order valence-electron chi connectivity index (χ0n) is 34.4. The smallest absolute Gasteiger partial charge is 0.255 e. The lowest BCUT2D eigenvalue weighted by Crippen LogP contribution is -2.52. The van der Waals surface area contributed by atoms with E-state index in [1.807, 2.05) is 4.57 Å². The Bertz CT molecular complexity index is 2440. The Morgan fingerprint density at radius 2 is 1.84 bits per heavy atom. The number of carbonyl (C=O) groups is 5. The predicted molar refractivity (Wildman–Crippen MR) is 223 cm³/mol. The van der Waals surface area contributed by atoms with Crippen molar-refractivity contribution in [3.8, 4) is 17.5 Å². The fourth-order valence-corrected chi connectivity index (χ4v) is 8.69. The van der Waals surface area contributed by atoms with Gasteiger partial charge in [0.1, 0.15) is 36.5 Å². The van der Waals surface area contributed by atoms with E-state index in [1.165, 1.54) is 12.0 Å². The Kier molecular flexibility index (Phi) is 12.4. The van der Waals surface area contributed by atoms with Gasteiger partial charge in [0.2, 0.25) is 23.7 Å². The molecular weight excluding hydrogens is 799 g/mol. The van der Waals surface area contributed by atoms with Gasteiger partial charge in [-0.25, -0.2) is 9.97 Å². The molecule has 2 aromatic carbocycles. The van der Waals surface area contributed by atoms with E-state index in [2.05, 4.69) is 49.1 Å². The van der Waals surface area contributed by atoms with Crippen LogP contribution in [-0.4, -0.2) is 106 Å². The SMILES string of the molecule is CC[C@@H]1c2c(C#N)ncn2-c2cnc(Nc3ccc(C(=O)NCCOCCOCC(=O)Nc4cccc5c4CN(C4CCC(=O)NC4=O)C5=O)cc3OC)nc2N1C1CCCC1. The van der Waals surface area contributed by atoms with Crippen LogP contribution in [-0.2, 0) is 30.4 Å². The summed E-state index contributed by atoms with van der Waals surface area (Å²) in [5.41, 5.74) is 4.43. The number of nitrogens with zero attached hydrogens (tertiary/aromatic N) is 7. The van der Waals surface area contributed by atoms with E-state index in [-0.39, 0.29) is 82.2 Å². The van der Waals surface area contributed by atoms with Gasteiger partial charge in [0.05, 0.1) is 50.6 Å². The monoisotopic (exact) mass is 845 g/mol. The van der Waals surface area contributed by atoms with E-state index in [0.717, 1.165) is 49.3 Å². The minimum absolute atomic E-state index is 0.0578. The lowest BCUT2D eigenvalue weighted by molar-refractivity contribution is -0.137. The topological polar surface area (TPSA) is 235 Å². The van der Waals surface area contributed by atoms with Crippen molar-refractivity contribution in [2.75, 3.05) is 55.6 Å². The second-order valence-corrected chi connectivity index (χ2v) is 15.4. The molecule has 4 aliphatic rings. The number of carbonyl (C=O) groups excluding carboxylic acids is 5. The van der Waals surface area contributed by atoms with Crippen LogP contribution in [0.3, 0.4) is 0 Å². The van der Waals surface area contributed by atoms with Crippen molar-refractivity contribution in [3.63, 3.8) is 0 Å². The van der Waals surface area contributed by atoms with Crippen molar-refractivity contribution in [2.45, 2.75) is 76.5 Å². The first-order valence-electron chi connectivity index (χ1n) is 20.8. The second-order valence-electron chi connectivity index (χ2n) is 15.4. The lowest BCUT2D eigenvalue weighted by Gasteiger charge is -2.41. The van der Waals surface area contributed by atoms with Gasteiger partial charge in [-0.3, -0.25) is 33.9 Å². The lowest BCUT2D eigenvalue weighted by atomic mass is 10.0. The van der Waals surface area contributed by atoms with Gasteiger partial charge in [-0.2, -0.15) is 10.2 Å². The first-order chi connectivity index (χ1) is 30.2. The molecule has 8 rings (SSSR count). The Hall–Kier alpha value is -6.91. The summed E-state index contributed by atoms with van der Waals surface area (Å²) in [6.07, 6.45) is 8.94. The number of nitrogens with one attached hydrogen (secondary N) is 4. The Morgan fingerprint density at radius 3 is 2.61 bits per heavy atom. The second kappa shape index (κ2) is 18.4. The van der Waals surface area contributed by atoms with Crippen LogP contribution in [0.25, 0.3) is 5.69 Å². The van der Waals surface area contributed by atoms with Crippen molar-refractivity contribution >= 4 is 52.7 Å². The molecule has 4 N–H and O–H groups in total. The summed E-state index contributed by atoms with van der Waals surface area (Å²) >= 11 is 0. The molecule has 0 spiro atoms. The molecule has 62 heavy (non-hydrogen) atoms. The predicted octanol–water partition coefficient (Wildman–Crippen LogP) is 3.66. The molecule has 2 fully saturated rings. The number of fused-ring (bicyclic) bond motifs is 4. The molecule has 19 heteroatoms. The van der Waals surface area contributed by atoms with Gasteiger partial charge in [0.15, 0.2) is 11.5 Å². The number of methoxy groups -OCH3 is 1. The number of aromatic nitrogens is 4. The number of benzene rings is 2. The maximum atomic E-state index is 13.1. The van der Waals surface area contributed by atoms with E-state index in [4.69, 9.17) is 19.2 Å². The summed E-state index contributed by atoms with van der Waals surface area (Å²) in [5.74, 6) is -0.390. The molecule has 19 nitrogen and oxygen atoms in total. The van der Waals surface area contributed by atoms with E-state index in [1.54, 1.807) is 48.9 Å². The fraction of sp³-hybridized carbons (Fsp3) is 0.419. The average Bonchev–Trinajstić information content (AvgIpc) is 4.04. The number of hydrogen-bond acceptors (Lipinski definition) is 14. The Labute approximate surface area is 357 Å². The highest BCUT2D eigenvalue weighted by atomic mass is 16.5. The molecule has 322 valence electrons. The van der Waals surface area contributed by atoms with E-state index >= 15 is 0 Å².